The number of rotatable bonds is 3. The Bertz CT molecular complexity index is 606. The zero-order chi connectivity index (χ0) is 15.2. The van der Waals surface area contributed by atoms with Gasteiger partial charge < -0.3 is 9.64 Å². The molecule has 1 aliphatic rings. The van der Waals surface area contributed by atoms with Crippen LogP contribution in [0.3, 0.4) is 0 Å². The second kappa shape index (κ2) is 7.09. The average Bonchev–Trinajstić information content (AvgIpc) is 2.81. The van der Waals surface area contributed by atoms with Crippen molar-refractivity contribution in [3.8, 4) is 0 Å². The Hall–Kier alpha value is -2.34. The Morgan fingerprint density at radius 3 is 3.00 bits per heavy atom. The Labute approximate surface area is 129 Å². The van der Waals surface area contributed by atoms with E-state index in [-0.39, 0.29) is 11.8 Å². The molecule has 1 aliphatic heterocycles. The number of hydrogen-bond donors (Lipinski definition) is 0. The maximum absolute atomic E-state index is 12.5. The molecule has 0 radical (unpaired) electrons. The van der Waals surface area contributed by atoms with Gasteiger partial charge in [0, 0.05) is 43.8 Å². The van der Waals surface area contributed by atoms with E-state index in [1.165, 1.54) is 0 Å². The van der Waals surface area contributed by atoms with Gasteiger partial charge in [-0.2, -0.15) is 0 Å². The van der Waals surface area contributed by atoms with Crippen molar-refractivity contribution in [2.45, 2.75) is 6.42 Å². The summed E-state index contributed by atoms with van der Waals surface area (Å²) in [4.78, 5) is 26.9. The minimum atomic E-state index is -0.0461. The van der Waals surface area contributed by atoms with Crippen LogP contribution in [-0.2, 0) is 11.2 Å². The fourth-order valence-electron chi connectivity index (χ4n) is 2.57. The molecule has 2 aromatic heterocycles. The number of pyridine rings is 1. The second-order valence-corrected chi connectivity index (χ2v) is 5.31. The summed E-state index contributed by atoms with van der Waals surface area (Å²) >= 11 is 0. The molecule has 0 aliphatic carbocycles. The van der Waals surface area contributed by atoms with E-state index in [1.807, 2.05) is 11.0 Å². The van der Waals surface area contributed by atoms with E-state index in [0.717, 1.165) is 12.1 Å². The van der Waals surface area contributed by atoms with Crippen LogP contribution < -0.4 is 0 Å². The molecule has 1 saturated heterocycles. The van der Waals surface area contributed by atoms with Gasteiger partial charge in [-0.15, -0.1) is 0 Å². The predicted molar refractivity (Wildman–Crippen MR) is 80.2 cm³/mol. The van der Waals surface area contributed by atoms with E-state index >= 15 is 0 Å². The van der Waals surface area contributed by atoms with Gasteiger partial charge in [-0.05, 0) is 18.6 Å². The molecule has 2 aromatic rings. The molecule has 3 rings (SSSR count). The molecule has 0 N–H and O–H groups in total. The summed E-state index contributed by atoms with van der Waals surface area (Å²) in [6, 6.07) is 5.37. The van der Waals surface area contributed by atoms with E-state index < -0.39 is 0 Å². The summed E-state index contributed by atoms with van der Waals surface area (Å²) < 4.78 is 5.63. The molecule has 1 amide bonds. The molecule has 1 fully saturated rings. The van der Waals surface area contributed by atoms with Crippen molar-refractivity contribution in [3.05, 3.63) is 54.4 Å². The van der Waals surface area contributed by atoms with Gasteiger partial charge in [-0.3, -0.25) is 19.7 Å². The molecule has 0 bridgehead atoms. The van der Waals surface area contributed by atoms with E-state index in [0.29, 0.717) is 32.0 Å². The van der Waals surface area contributed by atoms with Gasteiger partial charge in [-0.25, -0.2) is 0 Å². The minimum absolute atomic E-state index is 0.0461. The maximum atomic E-state index is 12.5. The van der Waals surface area contributed by atoms with Crippen LogP contribution in [0.1, 0.15) is 16.2 Å². The van der Waals surface area contributed by atoms with E-state index in [1.54, 1.807) is 36.9 Å². The molecule has 114 valence electrons. The van der Waals surface area contributed by atoms with Crippen molar-refractivity contribution in [1.82, 2.24) is 19.9 Å². The first-order valence-corrected chi connectivity index (χ1v) is 7.36. The third-order valence-electron chi connectivity index (χ3n) is 3.62. The van der Waals surface area contributed by atoms with Crippen LogP contribution in [0.4, 0.5) is 0 Å². The van der Waals surface area contributed by atoms with Crippen LogP contribution in [0.2, 0.25) is 0 Å². The van der Waals surface area contributed by atoms with E-state index in [9.17, 15) is 4.79 Å². The van der Waals surface area contributed by atoms with E-state index in [4.69, 9.17) is 4.74 Å². The van der Waals surface area contributed by atoms with E-state index in [2.05, 4.69) is 15.0 Å². The average molecular weight is 298 g/mol. The Morgan fingerprint density at radius 1 is 1.27 bits per heavy atom. The SMILES string of the molecule is O=C(c1ccccn1)N1CCOC[C@@H](Cc2cnccn2)C1. The molecule has 6 heteroatoms. The number of carbonyl (C=O) groups excluding carboxylic acids is 1. The van der Waals surface area contributed by atoms with Gasteiger partial charge in [0.15, 0.2) is 0 Å². The number of aromatic nitrogens is 3. The third-order valence-corrected chi connectivity index (χ3v) is 3.62. The van der Waals surface area contributed by atoms with Crippen molar-refractivity contribution >= 4 is 5.91 Å². The topological polar surface area (TPSA) is 68.2 Å². The van der Waals surface area contributed by atoms with Crippen molar-refractivity contribution in [3.63, 3.8) is 0 Å². The van der Waals surface area contributed by atoms with Gasteiger partial charge in [0.1, 0.15) is 5.69 Å². The lowest BCUT2D eigenvalue weighted by atomic mass is 10.0. The number of amides is 1. The summed E-state index contributed by atoms with van der Waals surface area (Å²) in [5.74, 6) is 0.169. The molecule has 0 unspecified atom stereocenters. The highest BCUT2D eigenvalue weighted by atomic mass is 16.5. The number of hydrogen-bond acceptors (Lipinski definition) is 5. The summed E-state index contributed by atoms with van der Waals surface area (Å²) in [6.45, 7) is 2.41. The summed E-state index contributed by atoms with van der Waals surface area (Å²) in [7, 11) is 0. The van der Waals surface area contributed by atoms with Gasteiger partial charge in [0.05, 0.1) is 18.9 Å². The van der Waals surface area contributed by atoms with Crippen LogP contribution >= 0.6 is 0 Å². The lowest BCUT2D eigenvalue weighted by Gasteiger charge is -2.23. The van der Waals surface area contributed by atoms with Crippen LogP contribution in [0.15, 0.2) is 43.0 Å². The minimum Gasteiger partial charge on any atom is -0.379 e. The smallest absolute Gasteiger partial charge is 0.272 e. The molecular formula is C16H18N4O2. The third kappa shape index (κ3) is 3.65. The zero-order valence-electron chi connectivity index (χ0n) is 12.3. The highest BCUT2D eigenvalue weighted by Crippen LogP contribution is 2.14. The Morgan fingerprint density at radius 2 is 2.23 bits per heavy atom. The van der Waals surface area contributed by atoms with Gasteiger partial charge in [0.25, 0.3) is 5.91 Å². The lowest BCUT2D eigenvalue weighted by Crippen LogP contribution is -2.36. The fraction of sp³-hybridized carbons (Fsp3) is 0.375. The quantitative estimate of drug-likeness (QED) is 0.852. The standard InChI is InChI=1S/C16H18N4O2/c21-16(15-3-1-2-4-19-15)20-7-8-22-12-13(11-20)9-14-10-17-5-6-18-14/h1-6,10,13H,7-9,11-12H2/t13-/m0/s1. The zero-order valence-corrected chi connectivity index (χ0v) is 12.3. The molecule has 6 nitrogen and oxygen atoms in total. The predicted octanol–water partition coefficient (Wildman–Crippen LogP) is 1.20. The normalized spacial score (nSPS) is 18.7. The maximum Gasteiger partial charge on any atom is 0.272 e. The molecule has 0 saturated carbocycles. The highest BCUT2D eigenvalue weighted by molar-refractivity contribution is 5.92. The molecule has 3 heterocycles. The van der Waals surface area contributed by atoms with Crippen molar-refractivity contribution in [2.75, 3.05) is 26.3 Å². The van der Waals surface area contributed by atoms with Gasteiger partial charge >= 0.3 is 0 Å². The first kappa shape index (κ1) is 14.6. The highest BCUT2D eigenvalue weighted by Gasteiger charge is 2.24. The van der Waals surface area contributed by atoms with Gasteiger partial charge in [-0.1, -0.05) is 6.07 Å². The second-order valence-electron chi connectivity index (χ2n) is 5.31. The fourth-order valence-corrected chi connectivity index (χ4v) is 2.57. The summed E-state index contributed by atoms with van der Waals surface area (Å²) in [6.07, 6.45) is 7.49. The van der Waals surface area contributed by atoms with Crippen molar-refractivity contribution in [1.29, 1.82) is 0 Å². The number of nitrogens with zero attached hydrogens (tertiary/aromatic N) is 4. The first-order chi connectivity index (χ1) is 10.8. The Balaban J connectivity index is 1.69. The van der Waals surface area contributed by atoms with Crippen LogP contribution in [-0.4, -0.2) is 52.1 Å². The lowest BCUT2D eigenvalue weighted by molar-refractivity contribution is 0.0731. The van der Waals surface area contributed by atoms with Gasteiger partial charge in [0.2, 0.25) is 0 Å². The molecule has 0 spiro atoms. The number of ether oxygens (including phenoxy) is 1. The van der Waals surface area contributed by atoms with Crippen molar-refractivity contribution in [2.24, 2.45) is 5.92 Å². The van der Waals surface area contributed by atoms with Crippen LogP contribution in [0.5, 0.6) is 0 Å². The van der Waals surface area contributed by atoms with Crippen molar-refractivity contribution < 1.29 is 9.53 Å². The summed E-state index contributed by atoms with van der Waals surface area (Å²) in [5, 5.41) is 0. The van der Waals surface area contributed by atoms with Crippen LogP contribution in [0.25, 0.3) is 0 Å². The first-order valence-electron chi connectivity index (χ1n) is 7.36. The Kier molecular flexibility index (Phi) is 4.70. The summed E-state index contributed by atoms with van der Waals surface area (Å²) in [5.41, 5.74) is 1.39. The molecule has 1 atom stereocenters. The molecule has 22 heavy (non-hydrogen) atoms. The largest absolute Gasteiger partial charge is 0.379 e. The monoisotopic (exact) mass is 298 g/mol. The molecule has 0 aromatic carbocycles. The van der Waals surface area contributed by atoms with Crippen LogP contribution in [0, 0.1) is 5.92 Å². The number of carbonyl (C=O) groups is 1. The molecular weight excluding hydrogens is 280 g/mol.